The summed E-state index contributed by atoms with van der Waals surface area (Å²) in [4.78, 5) is 8.13. The van der Waals surface area contributed by atoms with Crippen LogP contribution in [0, 0.1) is 5.92 Å². The van der Waals surface area contributed by atoms with E-state index in [-0.39, 0.29) is 0 Å². The lowest BCUT2D eigenvalue weighted by Crippen LogP contribution is -1.96. The van der Waals surface area contributed by atoms with E-state index in [1.807, 2.05) is 6.20 Å². The monoisotopic (exact) mass is 176 g/mol. The summed E-state index contributed by atoms with van der Waals surface area (Å²) in [5.41, 5.74) is 2.28. The van der Waals surface area contributed by atoms with Gasteiger partial charge in [0.25, 0.3) is 0 Å². The first-order valence-corrected chi connectivity index (χ1v) is 4.59. The average molecular weight is 176 g/mol. The molecule has 0 aromatic carbocycles. The van der Waals surface area contributed by atoms with Gasteiger partial charge < -0.3 is 0 Å². The SMILES string of the molecule is C/N=C/c1cc(CC(C)C)ccn1. The zero-order chi connectivity index (χ0) is 9.68. The number of hydrogen-bond donors (Lipinski definition) is 0. The quantitative estimate of drug-likeness (QED) is 0.649. The van der Waals surface area contributed by atoms with Crippen LogP contribution >= 0.6 is 0 Å². The predicted molar refractivity (Wildman–Crippen MR) is 56.3 cm³/mol. The Morgan fingerprint density at radius 2 is 2.31 bits per heavy atom. The molecule has 0 aliphatic carbocycles. The van der Waals surface area contributed by atoms with E-state index in [0.29, 0.717) is 5.92 Å². The molecule has 0 radical (unpaired) electrons. The van der Waals surface area contributed by atoms with Crippen LogP contribution in [0.25, 0.3) is 0 Å². The number of rotatable bonds is 3. The van der Waals surface area contributed by atoms with Gasteiger partial charge >= 0.3 is 0 Å². The minimum absolute atomic E-state index is 0.689. The Hall–Kier alpha value is -1.18. The first-order chi connectivity index (χ1) is 6.22. The van der Waals surface area contributed by atoms with Gasteiger partial charge in [0, 0.05) is 19.5 Å². The summed E-state index contributed by atoms with van der Waals surface area (Å²) in [7, 11) is 1.76. The van der Waals surface area contributed by atoms with E-state index < -0.39 is 0 Å². The van der Waals surface area contributed by atoms with Crippen LogP contribution in [-0.4, -0.2) is 18.2 Å². The molecule has 0 amide bonds. The highest BCUT2D eigenvalue weighted by atomic mass is 14.7. The van der Waals surface area contributed by atoms with Crippen LogP contribution in [0.1, 0.15) is 25.1 Å². The molecule has 13 heavy (non-hydrogen) atoms. The summed E-state index contributed by atoms with van der Waals surface area (Å²) in [5.74, 6) is 0.689. The molecule has 0 aliphatic rings. The number of pyridine rings is 1. The molecule has 1 rings (SSSR count). The maximum absolute atomic E-state index is 4.19. The molecule has 0 saturated carbocycles. The Bertz CT molecular complexity index is 290. The number of aliphatic imine (C=N–C) groups is 1. The van der Waals surface area contributed by atoms with Crippen LogP contribution in [0.5, 0.6) is 0 Å². The van der Waals surface area contributed by atoms with E-state index in [4.69, 9.17) is 0 Å². The van der Waals surface area contributed by atoms with Gasteiger partial charge in [-0.2, -0.15) is 0 Å². The Labute approximate surface area is 79.7 Å². The second-order valence-electron chi connectivity index (χ2n) is 3.57. The second-order valence-corrected chi connectivity index (χ2v) is 3.57. The minimum atomic E-state index is 0.689. The molecule has 1 aromatic rings. The van der Waals surface area contributed by atoms with Gasteiger partial charge in [-0.3, -0.25) is 9.98 Å². The molecule has 1 aromatic heterocycles. The Morgan fingerprint density at radius 3 is 2.92 bits per heavy atom. The van der Waals surface area contributed by atoms with Crippen molar-refractivity contribution in [1.82, 2.24) is 4.98 Å². The highest BCUT2D eigenvalue weighted by Gasteiger charge is 1.98. The van der Waals surface area contributed by atoms with Crippen LogP contribution < -0.4 is 0 Å². The molecular formula is C11H16N2. The Balaban J connectivity index is 2.79. The third-order valence-corrected chi connectivity index (χ3v) is 1.75. The van der Waals surface area contributed by atoms with Crippen molar-refractivity contribution < 1.29 is 0 Å². The Kier molecular flexibility index (Phi) is 3.62. The average Bonchev–Trinajstić information content (AvgIpc) is 2.04. The minimum Gasteiger partial charge on any atom is -0.294 e. The van der Waals surface area contributed by atoms with Gasteiger partial charge in [-0.05, 0) is 30.0 Å². The van der Waals surface area contributed by atoms with E-state index in [9.17, 15) is 0 Å². The topological polar surface area (TPSA) is 25.2 Å². The maximum atomic E-state index is 4.19. The number of aromatic nitrogens is 1. The summed E-state index contributed by atoms with van der Waals surface area (Å²) >= 11 is 0. The third-order valence-electron chi connectivity index (χ3n) is 1.75. The van der Waals surface area contributed by atoms with Crippen molar-refractivity contribution in [1.29, 1.82) is 0 Å². The smallest absolute Gasteiger partial charge is 0.0810 e. The zero-order valence-electron chi connectivity index (χ0n) is 8.49. The fourth-order valence-corrected chi connectivity index (χ4v) is 1.30. The van der Waals surface area contributed by atoms with Crippen molar-refractivity contribution in [3.8, 4) is 0 Å². The van der Waals surface area contributed by atoms with Crippen molar-refractivity contribution in [3.63, 3.8) is 0 Å². The highest BCUT2D eigenvalue weighted by Crippen LogP contribution is 2.07. The van der Waals surface area contributed by atoms with Gasteiger partial charge in [0.05, 0.1) is 5.69 Å². The van der Waals surface area contributed by atoms with Crippen LogP contribution in [0.3, 0.4) is 0 Å². The normalized spacial score (nSPS) is 11.4. The number of hydrogen-bond acceptors (Lipinski definition) is 2. The van der Waals surface area contributed by atoms with Crippen molar-refractivity contribution in [3.05, 3.63) is 29.6 Å². The first-order valence-electron chi connectivity index (χ1n) is 4.59. The van der Waals surface area contributed by atoms with Crippen molar-refractivity contribution in [2.75, 3.05) is 7.05 Å². The largest absolute Gasteiger partial charge is 0.294 e. The Morgan fingerprint density at radius 1 is 1.54 bits per heavy atom. The van der Waals surface area contributed by atoms with Crippen LogP contribution in [0.2, 0.25) is 0 Å². The fourth-order valence-electron chi connectivity index (χ4n) is 1.30. The lowest BCUT2D eigenvalue weighted by Gasteiger charge is -2.04. The fraction of sp³-hybridized carbons (Fsp3) is 0.455. The molecular weight excluding hydrogens is 160 g/mol. The van der Waals surface area contributed by atoms with Gasteiger partial charge in [-0.15, -0.1) is 0 Å². The molecule has 70 valence electrons. The first kappa shape index (κ1) is 9.90. The van der Waals surface area contributed by atoms with E-state index in [0.717, 1.165) is 12.1 Å². The molecule has 1 heterocycles. The lowest BCUT2D eigenvalue weighted by molar-refractivity contribution is 0.646. The predicted octanol–water partition coefficient (Wildman–Crippen LogP) is 2.33. The molecule has 0 N–H and O–H groups in total. The zero-order valence-corrected chi connectivity index (χ0v) is 8.49. The maximum Gasteiger partial charge on any atom is 0.0810 e. The third kappa shape index (κ3) is 3.36. The molecule has 0 fully saturated rings. The summed E-state index contributed by atoms with van der Waals surface area (Å²) < 4.78 is 0. The molecule has 2 nitrogen and oxygen atoms in total. The van der Waals surface area contributed by atoms with Crippen molar-refractivity contribution in [2.45, 2.75) is 20.3 Å². The summed E-state index contributed by atoms with van der Waals surface area (Å²) in [6.07, 6.45) is 4.73. The summed E-state index contributed by atoms with van der Waals surface area (Å²) in [6.45, 7) is 4.43. The van der Waals surface area contributed by atoms with E-state index >= 15 is 0 Å². The van der Waals surface area contributed by atoms with Crippen molar-refractivity contribution in [2.24, 2.45) is 10.9 Å². The standard InChI is InChI=1S/C11H16N2/c1-9(2)6-10-4-5-13-11(7-10)8-12-3/h4-5,7-9H,6H2,1-3H3/b12-8+. The van der Waals surface area contributed by atoms with Gasteiger partial charge in [0.1, 0.15) is 0 Å². The van der Waals surface area contributed by atoms with Gasteiger partial charge in [0.2, 0.25) is 0 Å². The van der Waals surface area contributed by atoms with Crippen molar-refractivity contribution >= 4 is 6.21 Å². The molecule has 0 saturated heterocycles. The molecule has 0 spiro atoms. The molecule has 0 atom stereocenters. The number of nitrogens with zero attached hydrogens (tertiary/aromatic N) is 2. The second kappa shape index (κ2) is 4.75. The van der Waals surface area contributed by atoms with Gasteiger partial charge in [0.15, 0.2) is 0 Å². The van der Waals surface area contributed by atoms with Crippen LogP contribution in [0.15, 0.2) is 23.3 Å². The van der Waals surface area contributed by atoms with Crippen LogP contribution in [-0.2, 0) is 6.42 Å². The lowest BCUT2D eigenvalue weighted by atomic mass is 10.0. The molecule has 0 aliphatic heterocycles. The molecule has 2 heteroatoms. The molecule has 0 unspecified atom stereocenters. The van der Waals surface area contributed by atoms with E-state index in [2.05, 4.69) is 36.0 Å². The van der Waals surface area contributed by atoms with Gasteiger partial charge in [-0.25, -0.2) is 0 Å². The summed E-state index contributed by atoms with van der Waals surface area (Å²) in [5, 5.41) is 0. The van der Waals surface area contributed by atoms with E-state index in [1.54, 1.807) is 13.3 Å². The van der Waals surface area contributed by atoms with E-state index in [1.165, 1.54) is 5.56 Å². The molecule has 0 bridgehead atoms. The summed E-state index contributed by atoms with van der Waals surface area (Å²) in [6, 6.07) is 4.15. The highest BCUT2D eigenvalue weighted by molar-refractivity contribution is 5.76. The van der Waals surface area contributed by atoms with Crippen LogP contribution in [0.4, 0.5) is 0 Å². The van der Waals surface area contributed by atoms with Gasteiger partial charge in [-0.1, -0.05) is 13.8 Å².